The summed E-state index contributed by atoms with van der Waals surface area (Å²) in [6, 6.07) is 6.64. The number of ether oxygens (including phenoxy) is 2. The molecule has 0 saturated carbocycles. The van der Waals surface area contributed by atoms with Gasteiger partial charge in [0.2, 0.25) is 0 Å². The zero-order valence-corrected chi connectivity index (χ0v) is 15.6. The van der Waals surface area contributed by atoms with Gasteiger partial charge in [0.1, 0.15) is 11.6 Å². The van der Waals surface area contributed by atoms with Crippen molar-refractivity contribution >= 4 is 17.7 Å². The van der Waals surface area contributed by atoms with Crippen LogP contribution in [0.15, 0.2) is 33.9 Å². The molecule has 144 valence electrons. The Bertz CT molecular complexity index is 969. The largest absolute Gasteiger partial charge is 0.482 e. The third-order valence-corrected chi connectivity index (χ3v) is 3.71. The van der Waals surface area contributed by atoms with Gasteiger partial charge in [-0.3, -0.25) is 18.7 Å². The number of amides is 1. The first kappa shape index (κ1) is 20.0. The van der Waals surface area contributed by atoms with E-state index in [1.54, 1.807) is 12.1 Å². The van der Waals surface area contributed by atoms with Crippen molar-refractivity contribution < 1.29 is 19.1 Å². The average Bonchev–Trinajstić information content (AvgIpc) is 2.60. The van der Waals surface area contributed by atoms with Crippen molar-refractivity contribution in [1.82, 2.24) is 9.13 Å². The molecule has 0 radical (unpaired) electrons. The van der Waals surface area contributed by atoms with Gasteiger partial charge in [-0.25, -0.2) is 9.59 Å². The Labute approximate surface area is 155 Å². The molecule has 0 saturated heterocycles. The molecule has 1 aromatic heterocycles. The summed E-state index contributed by atoms with van der Waals surface area (Å²) in [6.45, 7) is 2.90. The van der Waals surface area contributed by atoms with Crippen LogP contribution in [0.5, 0.6) is 5.75 Å². The van der Waals surface area contributed by atoms with Gasteiger partial charge in [0, 0.05) is 20.2 Å². The smallest absolute Gasteiger partial charge is 0.344 e. The summed E-state index contributed by atoms with van der Waals surface area (Å²) in [5, 5.41) is 2.36. The number of anilines is 1. The Morgan fingerprint density at radius 3 is 2.22 bits per heavy atom. The van der Waals surface area contributed by atoms with E-state index in [1.165, 1.54) is 14.1 Å². The highest BCUT2D eigenvalue weighted by molar-refractivity contribution is 5.92. The van der Waals surface area contributed by atoms with Crippen LogP contribution in [0.1, 0.15) is 11.1 Å². The van der Waals surface area contributed by atoms with Crippen LogP contribution in [-0.2, 0) is 28.4 Å². The molecule has 1 N–H and O–H groups in total. The highest BCUT2D eigenvalue weighted by Crippen LogP contribution is 2.16. The Kier molecular flexibility index (Phi) is 6.17. The van der Waals surface area contributed by atoms with Gasteiger partial charge in [0.15, 0.2) is 13.2 Å². The Morgan fingerprint density at radius 1 is 0.963 bits per heavy atom. The van der Waals surface area contributed by atoms with Gasteiger partial charge in [-0.2, -0.15) is 0 Å². The summed E-state index contributed by atoms with van der Waals surface area (Å²) in [4.78, 5) is 47.0. The number of nitrogens with one attached hydrogen (secondary N) is 1. The molecule has 0 bridgehead atoms. The molecular formula is C18H21N3O6. The fraction of sp³-hybridized carbons (Fsp3) is 0.333. The van der Waals surface area contributed by atoms with Crippen LogP contribution in [0.3, 0.4) is 0 Å². The maximum Gasteiger partial charge on any atom is 0.344 e. The molecule has 1 aromatic carbocycles. The number of hydrogen-bond acceptors (Lipinski definition) is 6. The second-order valence-corrected chi connectivity index (χ2v) is 6.09. The van der Waals surface area contributed by atoms with E-state index in [-0.39, 0.29) is 12.4 Å². The molecule has 0 aliphatic heterocycles. The lowest BCUT2D eigenvalue weighted by Gasteiger charge is -2.11. The predicted molar refractivity (Wildman–Crippen MR) is 97.9 cm³/mol. The number of carbonyl (C=O) groups is 2. The normalized spacial score (nSPS) is 10.4. The van der Waals surface area contributed by atoms with E-state index >= 15 is 0 Å². The molecule has 2 aromatic rings. The number of aryl methyl sites for hydroxylation is 2. The van der Waals surface area contributed by atoms with Gasteiger partial charge in [0.05, 0.1) is 0 Å². The number of aromatic nitrogens is 2. The van der Waals surface area contributed by atoms with Crippen molar-refractivity contribution in [3.05, 3.63) is 56.2 Å². The van der Waals surface area contributed by atoms with Crippen molar-refractivity contribution in [3.8, 4) is 5.75 Å². The van der Waals surface area contributed by atoms with Crippen molar-refractivity contribution in [3.63, 3.8) is 0 Å². The first-order chi connectivity index (χ1) is 12.7. The lowest BCUT2D eigenvalue weighted by molar-refractivity contribution is -0.149. The first-order valence-corrected chi connectivity index (χ1v) is 8.11. The van der Waals surface area contributed by atoms with Gasteiger partial charge in [-0.1, -0.05) is 6.07 Å². The Hall–Kier alpha value is -3.36. The highest BCUT2D eigenvalue weighted by atomic mass is 16.6. The molecule has 0 unspecified atom stereocenters. The fourth-order valence-electron chi connectivity index (χ4n) is 2.38. The van der Waals surface area contributed by atoms with E-state index in [9.17, 15) is 19.2 Å². The van der Waals surface area contributed by atoms with Crippen molar-refractivity contribution in [2.75, 3.05) is 18.5 Å². The Morgan fingerprint density at radius 2 is 1.59 bits per heavy atom. The maximum atomic E-state index is 11.9. The number of rotatable bonds is 6. The lowest BCUT2D eigenvalue weighted by atomic mass is 10.1. The monoisotopic (exact) mass is 375 g/mol. The van der Waals surface area contributed by atoms with Gasteiger partial charge >= 0.3 is 11.7 Å². The summed E-state index contributed by atoms with van der Waals surface area (Å²) in [5.41, 5.74) is 0.846. The standard InChI is InChI=1S/C18H21N3O6/c1-11-5-12(2)7-13(6-11)26-10-17(24)27-9-15(22)19-14-8-16(23)21(4)18(25)20(14)3/h5-8H,9-10H2,1-4H3,(H,19,22). The lowest BCUT2D eigenvalue weighted by Crippen LogP contribution is -2.38. The quantitative estimate of drug-likeness (QED) is 0.726. The molecule has 0 aliphatic rings. The number of benzene rings is 1. The van der Waals surface area contributed by atoms with Gasteiger partial charge in [-0.05, 0) is 37.1 Å². The van der Waals surface area contributed by atoms with Crippen LogP contribution in [0.2, 0.25) is 0 Å². The van der Waals surface area contributed by atoms with E-state index in [2.05, 4.69) is 5.32 Å². The van der Waals surface area contributed by atoms with Crippen LogP contribution >= 0.6 is 0 Å². The molecule has 0 aliphatic carbocycles. The third-order valence-electron chi connectivity index (χ3n) is 3.71. The van der Waals surface area contributed by atoms with Crippen LogP contribution in [0.25, 0.3) is 0 Å². The number of hydrogen-bond donors (Lipinski definition) is 1. The molecule has 0 fully saturated rings. The summed E-state index contributed by atoms with van der Waals surface area (Å²) in [7, 11) is 2.73. The number of nitrogens with zero attached hydrogens (tertiary/aromatic N) is 2. The zero-order chi connectivity index (χ0) is 20.1. The highest BCUT2D eigenvalue weighted by Gasteiger charge is 2.12. The number of carbonyl (C=O) groups excluding carboxylic acids is 2. The zero-order valence-electron chi connectivity index (χ0n) is 15.6. The van der Waals surface area contributed by atoms with E-state index in [0.717, 1.165) is 26.3 Å². The SMILES string of the molecule is Cc1cc(C)cc(OCC(=O)OCC(=O)Nc2cc(=O)n(C)c(=O)n2C)c1. The summed E-state index contributed by atoms with van der Waals surface area (Å²) in [5.74, 6) is -0.861. The molecule has 2 rings (SSSR count). The molecule has 27 heavy (non-hydrogen) atoms. The summed E-state index contributed by atoms with van der Waals surface area (Å²) < 4.78 is 12.2. The molecule has 0 spiro atoms. The fourth-order valence-corrected chi connectivity index (χ4v) is 2.38. The van der Waals surface area contributed by atoms with Crippen molar-refractivity contribution in [1.29, 1.82) is 0 Å². The van der Waals surface area contributed by atoms with E-state index in [1.807, 2.05) is 19.9 Å². The van der Waals surface area contributed by atoms with Crippen molar-refractivity contribution in [2.45, 2.75) is 13.8 Å². The third kappa shape index (κ3) is 5.30. The molecule has 9 heteroatoms. The summed E-state index contributed by atoms with van der Waals surface area (Å²) >= 11 is 0. The molecule has 1 heterocycles. The van der Waals surface area contributed by atoms with E-state index in [4.69, 9.17) is 9.47 Å². The average molecular weight is 375 g/mol. The van der Waals surface area contributed by atoms with Crippen LogP contribution in [0, 0.1) is 13.8 Å². The molecule has 9 nitrogen and oxygen atoms in total. The first-order valence-electron chi connectivity index (χ1n) is 8.11. The van der Waals surface area contributed by atoms with Gasteiger partial charge in [-0.15, -0.1) is 0 Å². The second-order valence-electron chi connectivity index (χ2n) is 6.09. The maximum absolute atomic E-state index is 11.9. The van der Waals surface area contributed by atoms with Crippen LogP contribution in [-0.4, -0.2) is 34.2 Å². The second kappa shape index (κ2) is 8.35. The van der Waals surface area contributed by atoms with Gasteiger partial charge in [0.25, 0.3) is 11.5 Å². The van der Waals surface area contributed by atoms with E-state index < -0.39 is 29.7 Å². The summed E-state index contributed by atoms with van der Waals surface area (Å²) in [6.07, 6.45) is 0. The van der Waals surface area contributed by atoms with Crippen LogP contribution < -0.4 is 21.3 Å². The Balaban J connectivity index is 1.87. The molecular weight excluding hydrogens is 354 g/mol. The topological polar surface area (TPSA) is 109 Å². The van der Waals surface area contributed by atoms with Gasteiger partial charge < -0.3 is 14.8 Å². The number of esters is 1. The van der Waals surface area contributed by atoms with Crippen LogP contribution in [0.4, 0.5) is 5.82 Å². The molecule has 0 atom stereocenters. The van der Waals surface area contributed by atoms with Crippen molar-refractivity contribution in [2.24, 2.45) is 14.1 Å². The molecule has 1 amide bonds. The minimum absolute atomic E-state index is 0.00985. The minimum Gasteiger partial charge on any atom is -0.482 e. The predicted octanol–water partition coefficient (Wildman–Crippen LogP) is 0.262. The van der Waals surface area contributed by atoms with E-state index in [0.29, 0.717) is 5.75 Å². The minimum atomic E-state index is -0.720.